The van der Waals surface area contributed by atoms with Crippen molar-refractivity contribution >= 4 is 34.1 Å². The summed E-state index contributed by atoms with van der Waals surface area (Å²) < 4.78 is 8.02. The van der Waals surface area contributed by atoms with Gasteiger partial charge in [-0.25, -0.2) is 0 Å². The molecule has 0 aliphatic carbocycles. The molecule has 0 aliphatic rings. The molecule has 0 amide bonds. The van der Waals surface area contributed by atoms with Crippen molar-refractivity contribution in [1.29, 1.82) is 0 Å². The fourth-order valence-corrected chi connectivity index (χ4v) is 2.50. The van der Waals surface area contributed by atoms with Crippen LogP contribution >= 0.6 is 11.7 Å². The molecule has 6 nitrogen and oxygen atoms in total. The predicted molar refractivity (Wildman–Crippen MR) is 77.8 cm³/mol. The van der Waals surface area contributed by atoms with Gasteiger partial charge in [0.15, 0.2) is 5.52 Å². The maximum absolute atomic E-state index is 11.2. The van der Waals surface area contributed by atoms with Crippen LogP contribution in [0.1, 0.15) is 5.56 Å². The molecular weight excluding hydrogens is 276 g/mol. The highest BCUT2D eigenvalue weighted by Crippen LogP contribution is 2.32. The number of fused-ring (bicyclic) bond motifs is 1. The van der Waals surface area contributed by atoms with Crippen LogP contribution in [-0.4, -0.2) is 13.7 Å². The van der Waals surface area contributed by atoms with Crippen molar-refractivity contribution in [3.05, 3.63) is 58.1 Å². The Morgan fingerprint density at radius 3 is 2.70 bits per heavy atom. The summed E-state index contributed by atoms with van der Waals surface area (Å²) >= 11 is 0.975. The van der Waals surface area contributed by atoms with Gasteiger partial charge < -0.3 is 5.32 Å². The molecule has 0 bridgehead atoms. The lowest BCUT2D eigenvalue weighted by atomic mass is 10.2. The van der Waals surface area contributed by atoms with Crippen LogP contribution in [0.2, 0.25) is 0 Å². The fraction of sp³-hybridized carbons (Fsp3) is 0.0769. The maximum Gasteiger partial charge on any atom is 0.321 e. The van der Waals surface area contributed by atoms with Crippen LogP contribution in [0.3, 0.4) is 0 Å². The summed E-state index contributed by atoms with van der Waals surface area (Å²) in [6.07, 6.45) is 0. The Morgan fingerprint density at radius 1 is 1.15 bits per heavy atom. The van der Waals surface area contributed by atoms with Gasteiger partial charge in [-0.2, -0.15) is 8.75 Å². The maximum atomic E-state index is 11.2. The number of nitrogens with zero attached hydrogens (tertiary/aromatic N) is 3. The van der Waals surface area contributed by atoms with E-state index in [0.29, 0.717) is 23.3 Å². The molecular formula is C13H10N4O2S. The number of hydrogen-bond donors (Lipinski definition) is 1. The van der Waals surface area contributed by atoms with E-state index in [-0.39, 0.29) is 5.69 Å². The second-order valence-corrected chi connectivity index (χ2v) is 4.72. The van der Waals surface area contributed by atoms with Gasteiger partial charge in [-0.05, 0) is 17.7 Å². The lowest BCUT2D eigenvalue weighted by Gasteiger charge is -2.07. The molecule has 0 fully saturated rings. The summed E-state index contributed by atoms with van der Waals surface area (Å²) in [7, 11) is 0. The zero-order chi connectivity index (χ0) is 13.9. The minimum absolute atomic E-state index is 0.0211. The molecule has 0 radical (unpaired) electrons. The summed E-state index contributed by atoms with van der Waals surface area (Å²) in [6.45, 7) is 0.519. The third kappa shape index (κ3) is 2.30. The number of nitro benzene ring substituents is 1. The lowest BCUT2D eigenvalue weighted by molar-refractivity contribution is -0.382. The van der Waals surface area contributed by atoms with Crippen LogP contribution < -0.4 is 5.32 Å². The number of aromatic nitrogens is 2. The Morgan fingerprint density at radius 2 is 1.95 bits per heavy atom. The second-order valence-electron chi connectivity index (χ2n) is 4.19. The topological polar surface area (TPSA) is 81.0 Å². The van der Waals surface area contributed by atoms with E-state index in [9.17, 15) is 10.1 Å². The molecule has 0 aliphatic heterocycles. The van der Waals surface area contributed by atoms with Gasteiger partial charge in [0.2, 0.25) is 0 Å². The van der Waals surface area contributed by atoms with Gasteiger partial charge in [-0.15, -0.1) is 0 Å². The molecule has 3 rings (SSSR count). The van der Waals surface area contributed by atoms with Crippen LogP contribution in [-0.2, 0) is 6.54 Å². The SMILES string of the molecule is O=[N+]([O-])c1c(NCc2ccccc2)ccc2nsnc12. The number of nitrogens with one attached hydrogen (secondary N) is 1. The first-order valence-corrected chi connectivity index (χ1v) is 6.66. The van der Waals surface area contributed by atoms with Crippen LogP contribution in [0.25, 0.3) is 11.0 Å². The largest absolute Gasteiger partial charge is 0.375 e. The molecule has 2 aromatic carbocycles. The van der Waals surface area contributed by atoms with Gasteiger partial charge in [-0.1, -0.05) is 30.3 Å². The Bertz CT molecular complexity index is 757. The normalized spacial score (nSPS) is 10.6. The monoisotopic (exact) mass is 286 g/mol. The van der Waals surface area contributed by atoms with E-state index in [2.05, 4.69) is 14.1 Å². The smallest absolute Gasteiger partial charge is 0.321 e. The van der Waals surface area contributed by atoms with Gasteiger partial charge in [0.05, 0.1) is 16.7 Å². The fourth-order valence-electron chi connectivity index (χ4n) is 1.96. The van der Waals surface area contributed by atoms with E-state index in [1.165, 1.54) is 0 Å². The summed E-state index contributed by atoms with van der Waals surface area (Å²) in [5.74, 6) is 0. The Labute approximate surface area is 118 Å². The molecule has 1 heterocycles. The highest BCUT2D eigenvalue weighted by atomic mass is 32.1. The van der Waals surface area contributed by atoms with Crippen LogP contribution in [0, 0.1) is 10.1 Å². The van der Waals surface area contributed by atoms with Crippen molar-refractivity contribution < 1.29 is 4.92 Å². The summed E-state index contributed by atoms with van der Waals surface area (Å²) in [4.78, 5) is 10.8. The first-order chi connectivity index (χ1) is 9.75. The summed E-state index contributed by atoms with van der Waals surface area (Å²) in [5.41, 5.74) is 2.37. The van der Waals surface area contributed by atoms with Crippen molar-refractivity contribution in [2.75, 3.05) is 5.32 Å². The van der Waals surface area contributed by atoms with Crippen LogP contribution in [0.4, 0.5) is 11.4 Å². The minimum Gasteiger partial charge on any atom is -0.375 e. The molecule has 3 aromatic rings. The van der Waals surface area contributed by atoms with E-state index in [4.69, 9.17) is 0 Å². The first-order valence-electron chi connectivity index (χ1n) is 5.93. The number of nitro groups is 1. The Kier molecular flexibility index (Phi) is 3.26. The lowest BCUT2D eigenvalue weighted by Crippen LogP contribution is -2.03. The van der Waals surface area contributed by atoms with E-state index in [1.54, 1.807) is 12.1 Å². The molecule has 0 unspecified atom stereocenters. The minimum atomic E-state index is -0.420. The van der Waals surface area contributed by atoms with Crippen molar-refractivity contribution in [2.24, 2.45) is 0 Å². The Hall–Kier alpha value is -2.54. The number of rotatable bonds is 4. The molecule has 20 heavy (non-hydrogen) atoms. The third-order valence-electron chi connectivity index (χ3n) is 2.91. The van der Waals surface area contributed by atoms with E-state index in [1.807, 2.05) is 30.3 Å². The van der Waals surface area contributed by atoms with Crippen molar-refractivity contribution in [1.82, 2.24) is 8.75 Å². The molecule has 100 valence electrons. The predicted octanol–water partition coefficient (Wildman–Crippen LogP) is 3.21. The molecule has 0 saturated carbocycles. The average molecular weight is 286 g/mol. The van der Waals surface area contributed by atoms with Crippen LogP contribution in [0.15, 0.2) is 42.5 Å². The van der Waals surface area contributed by atoms with Gasteiger partial charge in [0.25, 0.3) is 0 Å². The van der Waals surface area contributed by atoms with Gasteiger partial charge in [0, 0.05) is 6.54 Å². The van der Waals surface area contributed by atoms with Crippen molar-refractivity contribution in [2.45, 2.75) is 6.54 Å². The number of anilines is 1. The summed E-state index contributed by atoms with van der Waals surface area (Å²) in [5, 5.41) is 14.3. The zero-order valence-corrected chi connectivity index (χ0v) is 11.1. The number of benzene rings is 2. The second kappa shape index (κ2) is 5.22. The molecule has 0 saturated heterocycles. The van der Waals surface area contributed by atoms with Crippen LogP contribution in [0.5, 0.6) is 0 Å². The molecule has 0 atom stereocenters. The summed E-state index contributed by atoms with van der Waals surface area (Å²) in [6, 6.07) is 13.1. The van der Waals surface area contributed by atoms with Crippen molar-refractivity contribution in [3.8, 4) is 0 Å². The average Bonchev–Trinajstić information content (AvgIpc) is 2.93. The highest BCUT2D eigenvalue weighted by Gasteiger charge is 2.21. The Balaban J connectivity index is 1.94. The van der Waals surface area contributed by atoms with E-state index >= 15 is 0 Å². The van der Waals surface area contributed by atoms with E-state index in [0.717, 1.165) is 17.3 Å². The van der Waals surface area contributed by atoms with E-state index < -0.39 is 4.92 Å². The van der Waals surface area contributed by atoms with Gasteiger partial charge in [0.1, 0.15) is 11.2 Å². The number of hydrogen-bond acceptors (Lipinski definition) is 6. The molecule has 7 heteroatoms. The highest BCUT2D eigenvalue weighted by molar-refractivity contribution is 7.00. The molecule has 0 spiro atoms. The quantitative estimate of drug-likeness (QED) is 0.588. The third-order valence-corrected chi connectivity index (χ3v) is 3.45. The molecule has 1 aromatic heterocycles. The van der Waals surface area contributed by atoms with Gasteiger partial charge >= 0.3 is 5.69 Å². The zero-order valence-electron chi connectivity index (χ0n) is 10.3. The first kappa shape index (κ1) is 12.5. The molecule has 1 N–H and O–H groups in total. The standard InChI is InChI=1S/C13H10N4O2S/c18-17(19)13-11(7-6-10-12(13)16-20-15-10)14-8-9-4-2-1-3-5-9/h1-7,14H,8H2. The van der Waals surface area contributed by atoms with Crippen molar-refractivity contribution in [3.63, 3.8) is 0 Å². The van der Waals surface area contributed by atoms with Gasteiger partial charge in [-0.3, -0.25) is 10.1 Å².